The van der Waals surface area contributed by atoms with Gasteiger partial charge in [-0.15, -0.1) is 0 Å². The normalized spacial score (nSPS) is 10.5. The van der Waals surface area contributed by atoms with Crippen LogP contribution in [0.3, 0.4) is 0 Å². The standard InChI is InChI=1S/C10H11NOS/c11-10(12)9-5-1-3-8(7-9)4-2-6-13/h1-5,7,13H,6H2,(H2,11,12). The lowest BCUT2D eigenvalue weighted by atomic mass is 10.1. The number of carbonyl (C=O) groups is 1. The molecule has 3 heteroatoms. The molecule has 0 unspecified atom stereocenters. The van der Waals surface area contributed by atoms with E-state index in [1.807, 2.05) is 18.2 Å². The van der Waals surface area contributed by atoms with Gasteiger partial charge in [-0.3, -0.25) is 4.79 Å². The van der Waals surface area contributed by atoms with E-state index in [2.05, 4.69) is 12.6 Å². The van der Waals surface area contributed by atoms with Gasteiger partial charge < -0.3 is 5.73 Å². The molecule has 0 radical (unpaired) electrons. The highest BCUT2D eigenvalue weighted by Gasteiger charge is 1.98. The Morgan fingerprint density at radius 3 is 2.92 bits per heavy atom. The number of primary amides is 1. The number of benzene rings is 1. The van der Waals surface area contributed by atoms with E-state index in [0.29, 0.717) is 11.3 Å². The molecule has 0 atom stereocenters. The van der Waals surface area contributed by atoms with Crippen molar-refractivity contribution in [3.05, 3.63) is 41.5 Å². The Morgan fingerprint density at radius 2 is 2.31 bits per heavy atom. The van der Waals surface area contributed by atoms with E-state index in [4.69, 9.17) is 5.73 Å². The molecule has 1 amide bonds. The van der Waals surface area contributed by atoms with Gasteiger partial charge in [0, 0.05) is 11.3 Å². The molecule has 13 heavy (non-hydrogen) atoms. The Balaban J connectivity index is 2.92. The maximum atomic E-state index is 10.8. The van der Waals surface area contributed by atoms with Crippen molar-refractivity contribution >= 4 is 24.6 Å². The maximum Gasteiger partial charge on any atom is 0.248 e. The average molecular weight is 193 g/mol. The summed E-state index contributed by atoms with van der Waals surface area (Å²) >= 11 is 4.04. The van der Waals surface area contributed by atoms with Crippen LogP contribution in [-0.2, 0) is 0 Å². The van der Waals surface area contributed by atoms with Crippen LogP contribution in [0.5, 0.6) is 0 Å². The molecule has 0 aliphatic carbocycles. The van der Waals surface area contributed by atoms with Crippen LogP contribution in [0, 0.1) is 0 Å². The predicted molar refractivity (Wildman–Crippen MR) is 57.8 cm³/mol. The third-order valence-corrected chi connectivity index (χ3v) is 1.80. The van der Waals surface area contributed by atoms with Gasteiger partial charge in [-0.05, 0) is 17.7 Å². The second-order valence-electron chi connectivity index (χ2n) is 2.57. The molecule has 0 spiro atoms. The Morgan fingerprint density at radius 1 is 1.54 bits per heavy atom. The fraction of sp³-hybridized carbons (Fsp3) is 0.100. The number of hydrogen-bond acceptors (Lipinski definition) is 2. The van der Waals surface area contributed by atoms with Crippen molar-refractivity contribution < 1.29 is 4.79 Å². The topological polar surface area (TPSA) is 43.1 Å². The molecule has 0 bridgehead atoms. The second-order valence-corrected chi connectivity index (χ2v) is 2.94. The van der Waals surface area contributed by atoms with Crippen molar-refractivity contribution in [2.45, 2.75) is 0 Å². The van der Waals surface area contributed by atoms with Crippen molar-refractivity contribution in [3.8, 4) is 0 Å². The molecule has 1 aromatic rings. The highest BCUT2D eigenvalue weighted by molar-refractivity contribution is 7.80. The SMILES string of the molecule is NC(=O)c1cccc(C=CCS)c1. The van der Waals surface area contributed by atoms with Crippen LogP contribution in [0.25, 0.3) is 6.08 Å². The van der Waals surface area contributed by atoms with Crippen LogP contribution in [0.15, 0.2) is 30.3 Å². The Kier molecular flexibility index (Phi) is 3.58. The molecule has 0 aliphatic heterocycles. The van der Waals surface area contributed by atoms with Crippen LogP contribution >= 0.6 is 12.6 Å². The van der Waals surface area contributed by atoms with Crippen LogP contribution in [-0.4, -0.2) is 11.7 Å². The Hall–Kier alpha value is -1.22. The number of amides is 1. The lowest BCUT2D eigenvalue weighted by Gasteiger charge is -1.96. The summed E-state index contributed by atoms with van der Waals surface area (Å²) in [5.74, 6) is 0.280. The molecule has 2 N–H and O–H groups in total. The predicted octanol–water partition coefficient (Wildman–Crippen LogP) is 1.73. The molecule has 1 rings (SSSR count). The molecule has 2 nitrogen and oxygen atoms in total. The third kappa shape index (κ3) is 2.95. The van der Waals surface area contributed by atoms with E-state index in [1.54, 1.807) is 18.2 Å². The summed E-state index contributed by atoms with van der Waals surface area (Å²) in [6, 6.07) is 7.16. The summed E-state index contributed by atoms with van der Waals surface area (Å²) in [5.41, 5.74) is 6.63. The first-order valence-corrected chi connectivity index (χ1v) is 4.54. The Bertz CT molecular complexity index is 333. The van der Waals surface area contributed by atoms with Crippen LogP contribution < -0.4 is 5.73 Å². The van der Waals surface area contributed by atoms with Crippen LogP contribution in [0.4, 0.5) is 0 Å². The van der Waals surface area contributed by atoms with Crippen LogP contribution in [0.2, 0.25) is 0 Å². The molecular formula is C10H11NOS. The number of thiol groups is 1. The number of carbonyl (C=O) groups excluding carboxylic acids is 1. The summed E-state index contributed by atoms with van der Waals surface area (Å²) in [4.78, 5) is 10.8. The molecule has 68 valence electrons. The zero-order valence-electron chi connectivity index (χ0n) is 7.10. The second kappa shape index (κ2) is 4.72. The van der Waals surface area contributed by atoms with Gasteiger partial charge in [0.15, 0.2) is 0 Å². The van der Waals surface area contributed by atoms with Gasteiger partial charge in [0.05, 0.1) is 0 Å². The lowest BCUT2D eigenvalue weighted by molar-refractivity contribution is 0.100. The first kappa shape index (κ1) is 9.86. The van der Waals surface area contributed by atoms with Crippen molar-refractivity contribution in [2.75, 3.05) is 5.75 Å². The molecule has 0 heterocycles. The maximum absolute atomic E-state index is 10.8. The van der Waals surface area contributed by atoms with Gasteiger partial charge in [0.1, 0.15) is 0 Å². The van der Waals surface area contributed by atoms with Crippen molar-refractivity contribution in [1.82, 2.24) is 0 Å². The minimum absolute atomic E-state index is 0.402. The molecular weight excluding hydrogens is 182 g/mol. The first-order chi connectivity index (χ1) is 6.24. The van der Waals surface area contributed by atoms with E-state index in [-0.39, 0.29) is 0 Å². The molecule has 0 fully saturated rings. The zero-order chi connectivity index (χ0) is 9.68. The highest BCUT2D eigenvalue weighted by atomic mass is 32.1. The fourth-order valence-electron chi connectivity index (χ4n) is 0.984. The molecule has 0 aliphatic rings. The summed E-state index contributed by atoms with van der Waals surface area (Å²) < 4.78 is 0. The monoisotopic (exact) mass is 193 g/mol. The smallest absolute Gasteiger partial charge is 0.248 e. The Labute approximate surface area is 82.9 Å². The van der Waals surface area contributed by atoms with Gasteiger partial charge in [0.2, 0.25) is 5.91 Å². The highest BCUT2D eigenvalue weighted by Crippen LogP contribution is 2.06. The molecule has 0 saturated heterocycles. The minimum atomic E-state index is -0.402. The van der Waals surface area contributed by atoms with E-state index in [1.165, 1.54) is 0 Å². The summed E-state index contributed by atoms with van der Waals surface area (Å²) in [6.07, 6.45) is 3.81. The number of nitrogens with two attached hydrogens (primary N) is 1. The van der Waals surface area contributed by atoms with Gasteiger partial charge in [-0.1, -0.05) is 24.3 Å². The van der Waals surface area contributed by atoms with Gasteiger partial charge in [0.25, 0.3) is 0 Å². The summed E-state index contributed by atoms with van der Waals surface area (Å²) in [6.45, 7) is 0. The first-order valence-electron chi connectivity index (χ1n) is 3.91. The average Bonchev–Trinajstić information content (AvgIpc) is 2.15. The fourth-order valence-corrected chi connectivity index (χ4v) is 1.09. The zero-order valence-corrected chi connectivity index (χ0v) is 8.00. The van der Waals surface area contributed by atoms with E-state index >= 15 is 0 Å². The largest absolute Gasteiger partial charge is 0.366 e. The van der Waals surface area contributed by atoms with E-state index in [0.717, 1.165) is 5.56 Å². The molecule has 1 aromatic carbocycles. The van der Waals surface area contributed by atoms with Crippen LogP contribution in [0.1, 0.15) is 15.9 Å². The quantitative estimate of drug-likeness (QED) is 0.705. The molecule has 0 aromatic heterocycles. The lowest BCUT2D eigenvalue weighted by Crippen LogP contribution is -2.10. The van der Waals surface area contributed by atoms with Crippen molar-refractivity contribution in [3.63, 3.8) is 0 Å². The number of hydrogen-bond donors (Lipinski definition) is 2. The van der Waals surface area contributed by atoms with Gasteiger partial charge in [-0.2, -0.15) is 12.6 Å². The van der Waals surface area contributed by atoms with E-state index in [9.17, 15) is 4.79 Å². The molecule has 0 saturated carbocycles. The van der Waals surface area contributed by atoms with Gasteiger partial charge in [-0.25, -0.2) is 0 Å². The number of rotatable bonds is 3. The summed E-state index contributed by atoms with van der Waals surface area (Å²) in [7, 11) is 0. The third-order valence-electron chi connectivity index (χ3n) is 1.59. The minimum Gasteiger partial charge on any atom is -0.366 e. The van der Waals surface area contributed by atoms with Crippen molar-refractivity contribution in [1.29, 1.82) is 0 Å². The van der Waals surface area contributed by atoms with Gasteiger partial charge >= 0.3 is 0 Å². The van der Waals surface area contributed by atoms with E-state index < -0.39 is 5.91 Å². The van der Waals surface area contributed by atoms with Crippen molar-refractivity contribution in [2.24, 2.45) is 5.73 Å². The summed E-state index contributed by atoms with van der Waals surface area (Å²) in [5, 5.41) is 0.